The van der Waals surface area contributed by atoms with Crippen molar-refractivity contribution < 1.29 is 14.5 Å². The molecule has 3 heterocycles. The summed E-state index contributed by atoms with van der Waals surface area (Å²) in [7, 11) is 0. The highest BCUT2D eigenvalue weighted by atomic mass is 32.2. The molecule has 0 fully saturated rings. The standard InChI is InChI=1S/C21H14N4O4S2/c1-13-12-30-21(23-13)31-19-6-5-14(8-18(19)25(27)28)20(26)29-11-15-10-24-7-3-2-4-17(24)16(15)9-22/h2-8,10,12H,11H2,1H3. The largest absolute Gasteiger partial charge is 0.457 e. The number of fused-ring (bicyclic) bond motifs is 1. The monoisotopic (exact) mass is 450 g/mol. The topological polar surface area (TPSA) is 111 Å². The normalized spacial score (nSPS) is 10.7. The van der Waals surface area contributed by atoms with Gasteiger partial charge in [-0.15, -0.1) is 11.3 Å². The van der Waals surface area contributed by atoms with Crippen LogP contribution in [0.5, 0.6) is 0 Å². The Labute approximate surface area is 184 Å². The molecule has 0 aliphatic heterocycles. The van der Waals surface area contributed by atoms with Crippen LogP contribution in [0, 0.1) is 28.4 Å². The third kappa shape index (κ3) is 4.28. The molecule has 31 heavy (non-hydrogen) atoms. The number of aromatic nitrogens is 2. The molecule has 4 aromatic rings. The number of pyridine rings is 1. The second-order valence-corrected chi connectivity index (χ2v) is 8.65. The number of benzene rings is 1. The summed E-state index contributed by atoms with van der Waals surface area (Å²) in [5.41, 5.74) is 2.40. The Morgan fingerprint density at radius 3 is 2.94 bits per heavy atom. The number of carbonyl (C=O) groups is 1. The summed E-state index contributed by atoms with van der Waals surface area (Å²) >= 11 is 2.57. The van der Waals surface area contributed by atoms with Gasteiger partial charge in [-0.1, -0.05) is 17.8 Å². The molecule has 0 amide bonds. The van der Waals surface area contributed by atoms with Gasteiger partial charge in [0.05, 0.1) is 26.5 Å². The van der Waals surface area contributed by atoms with E-state index in [4.69, 9.17) is 4.74 Å². The first-order valence-electron chi connectivity index (χ1n) is 9.00. The minimum absolute atomic E-state index is 0.0636. The van der Waals surface area contributed by atoms with Crippen LogP contribution in [0.1, 0.15) is 27.2 Å². The third-order valence-corrected chi connectivity index (χ3v) is 6.54. The maximum Gasteiger partial charge on any atom is 0.338 e. The Kier molecular flexibility index (Phi) is 5.70. The lowest BCUT2D eigenvalue weighted by atomic mass is 10.2. The molecule has 0 saturated carbocycles. The lowest BCUT2D eigenvalue weighted by Crippen LogP contribution is -2.06. The molecule has 0 bridgehead atoms. The van der Waals surface area contributed by atoms with E-state index >= 15 is 0 Å². The van der Waals surface area contributed by atoms with Crippen LogP contribution in [-0.2, 0) is 11.3 Å². The zero-order valence-electron chi connectivity index (χ0n) is 16.1. The van der Waals surface area contributed by atoms with Crippen molar-refractivity contribution in [3.63, 3.8) is 0 Å². The number of aryl methyl sites for hydroxylation is 1. The molecule has 0 radical (unpaired) electrons. The lowest BCUT2D eigenvalue weighted by Gasteiger charge is -2.06. The van der Waals surface area contributed by atoms with Crippen molar-refractivity contribution >= 4 is 40.3 Å². The highest BCUT2D eigenvalue weighted by Crippen LogP contribution is 2.37. The average Bonchev–Trinajstić information content (AvgIpc) is 3.34. The highest BCUT2D eigenvalue weighted by molar-refractivity contribution is 8.01. The van der Waals surface area contributed by atoms with Gasteiger partial charge in [0, 0.05) is 35.1 Å². The van der Waals surface area contributed by atoms with Crippen LogP contribution in [0.15, 0.2) is 63.4 Å². The minimum Gasteiger partial charge on any atom is -0.457 e. The molecule has 4 rings (SSSR count). The van der Waals surface area contributed by atoms with E-state index in [1.54, 1.807) is 22.9 Å². The second kappa shape index (κ2) is 8.59. The first-order chi connectivity index (χ1) is 15.0. The molecule has 3 aromatic heterocycles. The van der Waals surface area contributed by atoms with Gasteiger partial charge in [0.1, 0.15) is 12.7 Å². The lowest BCUT2D eigenvalue weighted by molar-refractivity contribution is -0.387. The number of hydrogen-bond donors (Lipinski definition) is 0. The van der Waals surface area contributed by atoms with Crippen LogP contribution in [-0.4, -0.2) is 20.3 Å². The zero-order chi connectivity index (χ0) is 22.0. The smallest absolute Gasteiger partial charge is 0.338 e. The first kappa shape index (κ1) is 20.6. The van der Waals surface area contributed by atoms with Crippen LogP contribution in [0.4, 0.5) is 5.69 Å². The molecule has 8 nitrogen and oxygen atoms in total. The van der Waals surface area contributed by atoms with Crippen LogP contribution < -0.4 is 0 Å². The fraction of sp³-hybridized carbons (Fsp3) is 0.0952. The van der Waals surface area contributed by atoms with Crippen LogP contribution in [0.2, 0.25) is 0 Å². The summed E-state index contributed by atoms with van der Waals surface area (Å²) in [5, 5.41) is 22.9. The first-order valence-corrected chi connectivity index (χ1v) is 10.7. The van der Waals surface area contributed by atoms with Gasteiger partial charge >= 0.3 is 5.97 Å². The van der Waals surface area contributed by atoms with Crippen molar-refractivity contribution in [2.75, 3.05) is 0 Å². The summed E-state index contributed by atoms with van der Waals surface area (Å²) in [6, 6.07) is 11.8. The van der Waals surface area contributed by atoms with Crippen molar-refractivity contribution in [3.8, 4) is 6.07 Å². The molecular formula is C21H14N4O4S2. The van der Waals surface area contributed by atoms with Crippen molar-refractivity contribution in [2.24, 2.45) is 0 Å². The average molecular weight is 451 g/mol. The summed E-state index contributed by atoms with van der Waals surface area (Å²) in [6.07, 6.45) is 3.52. The molecule has 0 N–H and O–H groups in total. The fourth-order valence-corrected chi connectivity index (χ4v) is 4.87. The van der Waals surface area contributed by atoms with Gasteiger partial charge < -0.3 is 9.14 Å². The predicted molar refractivity (Wildman–Crippen MR) is 115 cm³/mol. The summed E-state index contributed by atoms with van der Waals surface area (Å²) < 4.78 is 7.80. The van der Waals surface area contributed by atoms with Crippen molar-refractivity contribution in [2.45, 2.75) is 22.8 Å². The third-order valence-electron chi connectivity index (χ3n) is 4.42. The number of nitro benzene ring substituents is 1. The van der Waals surface area contributed by atoms with Gasteiger partial charge in [0.25, 0.3) is 5.69 Å². The second-order valence-electron chi connectivity index (χ2n) is 6.51. The van der Waals surface area contributed by atoms with Crippen molar-refractivity contribution in [1.82, 2.24) is 9.38 Å². The van der Waals surface area contributed by atoms with E-state index in [1.807, 2.05) is 24.4 Å². The van der Waals surface area contributed by atoms with Gasteiger partial charge in [-0.05, 0) is 31.2 Å². The SMILES string of the molecule is Cc1csc(Sc2ccc(C(=O)OCc3cn4ccccc4c3C#N)cc2[N+](=O)[O-])n1. The van der Waals surface area contributed by atoms with E-state index in [1.165, 1.54) is 41.3 Å². The van der Waals surface area contributed by atoms with E-state index < -0.39 is 10.9 Å². The quantitative estimate of drug-likeness (QED) is 0.231. The number of esters is 1. The Morgan fingerprint density at radius 2 is 2.23 bits per heavy atom. The molecule has 0 unspecified atom stereocenters. The summed E-state index contributed by atoms with van der Waals surface area (Å²) in [5.74, 6) is -0.705. The number of nitrogens with zero attached hydrogens (tertiary/aromatic N) is 4. The van der Waals surface area contributed by atoms with E-state index in [-0.39, 0.29) is 17.9 Å². The van der Waals surface area contributed by atoms with Crippen LogP contribution in [0.3, 0.4) is 0 Å². The number of hydrogen-bond acceptors (Lipinski definition) is 8. The van der Waals surface area contributed by atoms with Gasteiger partial charge in [-0.3, -0.25) is 10.1 Å². The molecular weight excluding hydrogens is 436 g/mol. The van der Waals surface area contributed by atoms with E-state index in [0.29, 0.717) is 25.9 Å². The molecule has 0 aliphatic carbocycles. The van der Waals surface area contributed by atoms with Gasteiger partial charge in [0.2, 0.25) is 0 Å². The number of thiazole rings is 1. The van der Waals surface area contributed by atoms with Gasteiger partial charge in [0.15, 0.2) is 4.34 Å². The number of nitro groups is 1. The van der Waals surface area contributed by atoms with Crippen molar-refractivity contribution in [1.29, 1.82) is 5.26 Å². The number of rotatable bonds is 6. The minimum atomic E-state index is -0.705. The molecule has 0 atom stereocenters. The number of carbonyl (C=O) groups excluding carboxylic acids is 1. The Balaban J connectivity index is 1.54. The highest BCUT2D eigenvalue weighted by Gasteiger charge is 2.21. The van der Waals surface area contributed by atoms with Crippen molar-refractivity contribution in [3.05, 3.63) is 86.7 Å². The molecule has 0 aliphatic rings. The molecule has 0 saturated heterocycles. The van der Waals surface area contributed by atoms with Crippen LogP contribution in [0.25, 0.3) is 5.52 Å². The maximum absolute atomic E-state index is 12.5. The molecule has 1 aromatic carbocycles. The zero-order valence-corrected chi connectivity index (χ0v) is 17.8. The number of nitriles is 1. The Bertz CT molecular complexity index is 1350. The molecule has 10 heteroatoms. The Morgan fingerprint density at radius 1 is 1.39 bits per heavy atom. The van der Waals surface area contributed by atoms with E-state index in [2.05, 4.69) is 11.1 Å². The predicted octanol–water partition coefficient (Wildman–Crippen LogP) is 4.99. The summed E-state index contributed by atoms with van der Waals surface area (Å²) in [4.78, 5) is 28.2. The van der Waals surface area contributed by atoms with E-state index in [0.717, 1.165) is 5.69 Å². The summed E-state index contributed by atoms with van der Waals surface area (Å²) in [6.45, 7) is 1.73. The maximum atomic E-state index is 12.5. The van der Waals surface area contributed by atoms with E-state index in [9.17, 15) is 20.2 Å². The van der Waals surface area contributed by atoms with Gasteiger partial charge in [-0.2, -0.15) is 5.26 Å². The Hall–Kier alpha value is -3.68. The van der Waals surface area contributed by atoms with Crippen LogP contribution >= 0.6 is 23.1 Å². The fourth-order valence-electron chi connectivity index (χ4n) is 2.99. The molecule has 0 spiro atoms. The van der Waals surface area contributed by atoms with Gasteiger partial charge in [-0.25, -0.2) is 9.78 Å². The molecule has 154 valence electrons. The number of ether oxygens (including phenoxy) is 1.